The average Bonchev–Trinajstić information content (AvgIpc) is 3.13. The summed E-state index contributed by atoms with van der Waals surface area (Å²) < 4.78 is 33.8. The lowest BCUT2D eigenvalue weighted by molar-refractivity contribution is 0.375. The molecule has 126 valence electrons. The van der Waals surface area contributed by atoms with E-state index in [2.05, 4.69) is 14.9 Å². The molecule has 0 amide bonds. The number of nitrogens with one attached hydrogen (secondary N) is 1. The van der Waals surface area contributed by atoms with Crippen LogP contribution in [-0.4, -0.2) is 23.1 Å². The Balaban J connectivity index is 1.65. The summed E-state index contributed by atoms with van der Waals surface area (Å²) in [6.45, 7) is 1.89. The third kappa shape index (κ3) is 3.90. The van der Waals surface area contributed by atoms with Crippen molar-refractivity contribution in [3.05, 3.63) is 59.6 Å². The van der Waals surface area contributed by atoms with Crippen molar-refractivity contribution < 1.29 is 12.9 Å². The molecule has 0 bridgehead atoms. The molecule has 24 heavy (non-hydrogen) atoms. The average molecular weight is 346 g/mol. The summed E-state index contributed by atoms with van der Waals surface area (Å²) in [6.07, 6.45) is 1.87. The molecule has 0 aliphatic heterocycles. The van der Waals surface area contributed by atoms with Gasteiger partial charge in [-0.05, 0) is 24.6 Å². The van der Waals surface area contributed by atoms with Crippen molar-refractivity contribution in [2.75, 3.05) is 0 Å². The minimum absolute atomic E-state index is 0.0361. The molecule has 8 heteroatoms. The normalized spacial score (nSPS) is 11.8. The highest BCUT2D eigenvalue weighted by Crippen LogP contribution is 2.15. The molecule has 0 fully saturated rings. The number of aryl methyl sites for hydroxylation is 2. The Labute approximate surface area is 140 Å². The van der Waals surface area contributed by atoms with E-state index in [9.17, 15) is 8.42 Å². The van der Waals surface area contributed by atoms with Gasteiger partial charge in [-0.3, -0.25) is 0 Å². The van der Waals surface area contributed by atoms with Gasteiger partial charge in [0.25, 0.3) is 0 Å². The van der Waals surface area contributed by atoms with Gasteiger partial charge in [-0.25, -0.2) is 13.1 Å². The predicted molar refractivity (Wildman–Crippen MR) is 89.3 cm³/mol. The number of sulfonamides is 1. The summed E-state index contributed by atoms with van der Waals surface area (Å²) in [5.41, 5.74) is 2.55. The van der Waals surface area contributed by atoms with Gasteiger partial charge >= 0.3 is 0 Å². The summed E-state index contributed by atoms with van der Waals surface area (Å²) >= 11 is 0. The zero-order valence-electron chi connectivity index (χ0n) is 13.4. The van der Waals surface area contributed by atoms with Crippen molar-refractivity contribution in [3.63, 3.8) is 0 Å². The molecule has 3 aromatic rings. The third-order valence-electron chi connectivity index (χ3n) is 3.52. The molecule has 0 radical (unpaired) electrons. The monoisotopic (exact) mass is 346 g/mol. The van der Waals surface area contributed by atoms with Crippen LogP contribution in [0.3, 0.4) is 0 Å². The van der Waals surface area contributed by atoms with Crippen LogP contribution in [0.5, 0.6) is 0 Å². The Kier molecular flexibility index (Phi) is 4.50. The minimum Gasteiger partial charge on any atom is -0.348 e. The molecule has 1 N–H and O–H groups in total. The maximum Gasteiger partial charge on any atom is 0.242 e. The quantitative estimate of drug-likeness (QED) is 0.737. The SMILES string of the molecule is Cc1cccc(CS(=O)(=O)NCc2nc(-c3cccn3C)no2)c1. The molecule has 0 spiro atoms. The van der Waals surface area contributed by atoms with Gasteiger partial charge in [0.05, 0.1) is 18.0 Å². The molecule has 0 saturated carbocycles. The van der Waals surface area contributed by atoms with Crippen LogP contribution in [0.4, 0.5) is 0 Å². The van der Waals surface area contributed by atoms with Crippen LogP contribution >= 0.6 is 0 Å². The Morgan fingerprint density at radius 2 is 2.08 bits per heavy atom. The highest BCUT2D eigenvalue weighted by molar-refractivity contribution is 7.88. The van der Waals surface area contributed by atoms with Crippen molar-refractivity contribution in [3.8, 4) is 11.5 Å². The minimum atomic E-state index is -3.49. The molecule has 2 aromatic heterocycles. The first kappa shape index (κ1) is 16.4. The van der Waals surface area contributed by atoms with Crippen molar-refractivity contribution in [2.24, 2.45) is 7.05 Å². The first-order chi connectivity index (χ1) is 11.4. The van der Waals surface area contributed by atoms with Gasteiger partial charge in [-0.1, -0.05) is 35.0 Å². The van der Waals surface area contributed by atoms with E-state index in [-0.39, 0.29) is 18.2 Å². The molecule has 0 unspecified atom stereocenters. The Bertz CT molecular complexity index is 944. The number of hydrogen-bond donors (Lipinski definition) is 1. The smallest absolute Gasteiger partial charge is 0.242 e. The second-order valence-corrected chi connectivity index (χ2v) is 7.39. The molecule has 0 aliphatic rings. The van der Waals surface area contributed by atoms with E-state index >= 15 is 0 Å². The molecule has 1 aromatic carbocycles. The number of aromatic nitrogens is 3. The topological polar surface area (TPSA) is 90.0 Å². The van der Waals surface area contributed by atoms with Gasteiger partial charge in [0.15, 0.2) is 0 Å². The van der Waals surface area contributed by atoms with Gasteiger partial charge in [-0.2, -0.15) is 4.98 Å². The fourth-order valence-corrected chi connectivity index (χ4v) is 3.43. The summed E-state index contributed by atoms with van der Waals surface area (Å²) in [5.74, 6) is 0.558. The number of benzene rings is 1. The van der Waals surface area contributed by atoms with Crippen LogP contribution in [0.2, 0.25) is 0 Å². The predicted octanol–water partition coefficient (Wildman–Crippen LogP) is 2.00. The second kappa shape index (κ2) is 6.58. The number of rotatable bonds is 6. The molecule has 7 nitrogen and oxygen atoms in total. The standard InChI is InChI=1S/C16H18N4O3S/c1-12-5-3-6-13(9-12)11-24(21,22)17-10-15-18-16(19-23-15)14-7-4-8-20(14)2/h3-9,17H,10-11H2,1-2H3. The van der Waals surface area contributed by atoms with Crippen LogP contribution in [-0.2, 0) is 29.4 Å². The molecule has 0 saturated heterocycles. The first-order valence-corrected chi connectivity index (χ1v) is 9.05. The first-order valence-electron chi connectivity index (χ1n) is 7.40. The van der Waals surface area contributed by atoms with E-state index in [1.54, 1.807) is 6.07 Å². The number of hydrogen-bond acceptors (Lipinski definition) is 5. The maximum absolute atomic E-state index is 12.2. The fourth-order valence-electron chi connectivity index (χ4n) is 2.37. The van der Waals surface area contributed by atoms with Gasteiger partial charge in [0.2, 0.25) is 21.7 Å². The Morgan fingerprint density at radius 3 is 2.79 bits per heavy atom. The molecule has 3 rings (SSSR count). The summed E-state index contributed by atoms with van der Waals surface area (Å²) in [4.78, 5) is 4.21. The Hall–Kier alpha value is -2.45. The highest BCUT2D eigenvalue weighted by atomic mass is 32.2. The molecule has 0 atom stereocenters. The van der Waals surface area contributed by atoms with Crippen LogP contribution < -0.4 is 4.72 Å². The lowest BCUT2D eigenvalue weighted by atomic mass is 10.2. The van der Waals surface area contributed by atoms with E-state index < -0.39 is 10.0 Å². The number of nitrogens with zero attached hydrogens (tertiary/aromatic N) is 3. The van der Waals surface area contributed by atoms with Crippen LogP contribution in [0.25, 0.3) is 11.5 Å². The van der Waals surface area contributed by atoms with E-state index in [4.69, 9.17) is 4.52 Å². The van der Waals surface area contributed by atoms with Crippen LogP contribution in [0, 0.1) is 6.92 Å². The van der Waals surface area contributed by atoms with Crippen LogP contribution in [0.1, 0.15) is 17.0 Å². The summed E-state index contributed by atoms with van der Waals surface area (Å²) in [5, 5.41) is 3.87. The maximum atomic E-state index is 12.2. The second-order valence-electron chi connectivity index (χ2n) is 5.59. The molecular formula is C16H18N4O3S. The Morgan fingerprint density at radius 1 is 1.25 bits per heavy atom. The van der Waals surface area contributed by atoms with Gasteiger partial charge in [0.1, 0.15) is 0 Å². The van der Waals surface area contributed by atoms with Crippen molar-refractivity contribution >= 4 is 10.0 Å². The summed E-state index contributed by atoms with van der Waals surface area (Å²) in [7, 11) is -1.61. The summed E-state index contributed by atoms with van der Waals surface area (Å²) in [6, 6.07) is 11.1. The molecular weight excluding hydrogens is 328 g/mol. The van der Waals surface area contributed by atoms with Crippen molar-refractivity contribution in [1.29, 1.82) is 0 Å². The van der Waals surface area contributed by atoms with E-state index in [0.29, 0.717) is 5.82 Å². The third-order valence-corrected chi connectivity index (χ3v) is 4.82. The van der Waals surface area contributed by atoms with Crippen molar-refractivity contribution in [2.45, 2.75) is 19.2 Å². The van der Waals surface area contributed by atoms with E-state index in [1.807, 2.05) is 55.1 Å². The fraction of sp³-hybridized carbons (Fsp3) is 0.250. The molecule has 0 aliphatic carbocycles. The zero-order valence-corrected chi connectivity index (χ0v) is 14.2. The van der Waals surface area contributed by atoms with Gasteiger partial charge < -0.3 is 9.09 Å². The van der Waals surface area contributed by atoms with Crippen LogP contribution in [0.15, 0.2) is 47.1 Å². The lowest BCUT2D eigenvalue weighted by Gasteiger charge is -2.05. The highest BCUT2D eigenvalue weighted by Gasteiger charge is 2.15. The molecule has 2 heterocycles. The lowest BCUT2D eigenvalue weighted by Crippen LogP contribution is -2.24. The van der Waals surface area contributed by atoms with E-state index in [0.717, 1.165) is 16.8 Å². The largest absolute Gasteiger partial charge is 0.348 e. The van der Waals surface area contributed by atoms with Crippen molar-refractivity contribution in [1.82, 2.24) is 19.4 Å². The van der Waals surface area contributed by atoms with Gasteiger partial charge in [-0.15, -0.1) is 0 Å². The zero-order chi connectivity index (χ0) is 17.2. The van der Waals surface area contributed by atoms with E-state index in [1.165, 1.54) is 0 Å². The van der Waals surface area contributed by atoms with Gasteiger partial charge in [0, 0.05) is 13.2 Å².